The number of hydrogen-bond acceptors (Lipinski definition) is 1. The lowest BCUT2D eigenvalue weighted by atomic mass is 10.0. The van der Waals surface area contributed by atoms with E-state index in [4.69, 9.17) is 0 Å². The van der Waals surface area contributed by atoms with Crippen molar-refractivity contribution in [3.05, 3.63) is 47.3 Å². The molecule has 0 aromatic heterocycles. The van der Waals surface area contributed by atoms with Crippen molar-refractivity contribution >= 4 is 0 Å². The lowest BCUT2D eigenvalue weighted by Crippen LogP contribution is -2.22. The number of hydrogen-bond donors (Lipinski definition) is 1. The molecule has 0 radical (unpaired) electrons. The summed E-state index contributed by atoms with van der Waals surface area (Å²) >= 11 is 0. The summed E-state index contributed by atoms with van der Waals surface area (Å²) in [5, 5.41) is 9.36. The number of aliphatic hydroxyl groups excluding tert-OH is 1. The van der Waals surface area contributed by atoms with Crippen LogP contribution in [0.15, 0.2) is 35.9 Å². The monoisotopic (exact) mass is 288 g/mol. The lowest BCUT2D eigenvalue weighted by molar-refractivity contribution is -0.119. The third kappa shape index (κ3) is 4.55. The molecule has 1 aromatic rings. The maximum absolute atomic E-state index is 12.6. The zero-order valence-electron chi connectivity index (χ0n) is 9.06. The fourth-order valence-corrected chi connectivity index (χ4v) is 1.32. The average Bonchev–Trinajstić information content (AvgIpc) is 2.23. The number of halogens is 7. The molecule has 8 heteroatoms. The predicted octanol–water partition coefficient (Wildman–Crippen LogP) is 3.91. The van der Waals surface area contributed by atoms with Gasteiger partial charge in [0.15, 0.2) is 0 Å². The van der Waals surface area contributed by atoms with E-state index in [1.54, 1.807) is 0 Å². The van der Waals surface area contributed by atoms with E-state index in [9.17, 15) is 35.8 Å². The first-order chi connectivity index (χ1) is 8.50. The molecule has 0 aliphatic rings. The summed E-state index contributed by atoms with van der Waals surface area (Å²) in [7, 11) is 0. The zero-order chi connectivity index (χ0) is 14.8. The predicted molar refractivity (Wildman–Crippen MR) is 51.6 cm³/mol. The van der Waals surface area contributed by atoms with Gasteiger partial charge in [0.25, 0.3) is 0 Å². The Kier molecular flexibility index (Phi) is 4.24. The highest BCUT2D eigenvalue weighted by Gasteiger charge is 2.42. The fraction of sp³-hybridized carbons (Fsp3) is 0.273. The average molecular weight is 288 g/mol. The molecule has 1 nitrogen and oxygen atoms in total. The van der Waals surface area contributed by atoms with E-state index in [1.807, 2.05) is 0 Å². The van der Waals surface area contributed by atoms with Crippen molar-refractivity contribution in [2.75, 3.05) is 0 Å². The quantitative estimate of drug-likeness (QED) is 0.646. The SMILES string of the molecule is OC(/C(=C/C(F)(F)F)C(F)(F)F)c1ccc(F)cc1. The van der Waals surface area contributed by atoms with Crippen molar-refractivity contribution in [3.63, 3.8) is 0 Å². The van der Waals surface area contributed by atoms with Crippen LogP contribution in [0.2, 0.25) is 0 Å². The molecule has 0 spiro atoms. The van der Waals surface area contributed by atoms with E-state index in [-0.39, 0.29) is 0 Å². The van der Waals surface area contributed by atoms with Gasteiger partial charge < -0.3 is 5.11 Å². The van der Waals surface area contributed by atoms with Crippen LogP contribution in [0.1, 0.15) is 11.7 Å². The molecule has 1 unspecified atom stereocenters. The van der Waals surface area contributed by atoms with Crippen molar-refractivity contribution in [1.82, 2.24) is 0 Å². The molecular weight excluding hydrogens is 281 g/mol. The highest BCUT2D eigenvalue weighted by atomic mass is 19.4. The molecule has 1 aromatic carbocycles. The first-order valence-corrected chi connectivity index (χ1v) is 4.81. The largest absolute Gasteiger partial charge is 0.415 e. The highest BCUT2D eigenvalue weighted by molar-refractivity contribution is 5.29. The Bertz CT molecular complexity index is 455. The molecule has 0 aliphatic carbocycles. The van der Waals surface area contributed by atoms with Gasteiger partial charge in [-0.1, -0.05) is 12.1 Å². The summed E-state index contributed by atoms with van der Waals surface area (Å²) in [5.74, 6) is -0.788. The van der Waals surface area contributed by atoms with Gasteiger partial charge in [-0.05, 0) is 17.7 Å². The molecule has 0 aliphatic heterocycles. The van der Waals surface area contributed by atoms with Crippen LogP contribution in [-0.4, -0.2) is 17.5 Å². The number of rotatable bonds is 2. The van der Waals surface area contributed by atoms with Crippen LogP contribution in [0.4, 0.5) is 30.7 Å². The van der Waals surface area contributed by atoms with Crippen LogP contribution < -0.4 is 0 Å². The van der Waals surface area contributed by atoms with Crippen molar-refractivity contribution in [2.45, 2.75) is 18.5 Å². The van der Waals surface area contributed by atoms with E-state index >= 15 is 0 Å². The normalized spacial score (nSPS) is 15.5. The second kappa shape index (κ2) is 5.20. The van der Waals surface area contributed by atoms with Gasteiger partial charge in [-0.3, -0.25) is 0 Å². The van der Waals surface area contributed by atoms with Gasteiger partial charge in [0.05, 0.1) is 5.57 Å². The second-order valence-corrected chi connectivity index (χ2v) is 3.59. The minimum Gasteiger partial charge on any atom is -0.384 e. The van der Waals surface area contributed by atoms with Gasteiger partial charge in [-0.25, -0.2) is 4.39 Å². The van der Waals surface area contributed by atoms with E-state index < -0.39 is 41.5 Å². The minimum absolute atomic E-state index is 0.491. The summed E-state index contributed by atoms with van der Waals surface area (Å²) in [6.45, 7) is 0. The van der Waals surface area contributed by atoms with Crippen LogP contribution in [0.25, 0.3) is 0 Å². The molecule has 106 valence electrons. The Morgan fingerprint density at radius 2 is 1.47 bits per heavy atom. The Hall–Kier alpha value is -1.57. The number of alkyl halides is 6. The van der Waals surface area contributed by atoms with Crippen molar-refractivity contribution in [2.24, 2.45) is 0 Å². The van der Waals surface area contributed by atoms with Crippen molar-refractivity contribution < 1.29 is 35.8 Å². The molecule has 0 saturated heterocycles. The summed E-state index contributed by atoms with van der Waals surface area (Å²) in [5.41, 5.74) is -2.65. The van der Waals surface area contributed by atoms with Gasteiger partial charge in [-0.15, -0.1) is 0 Å². The Balaban J connectivity index is 3.19. The topological polar surface area (TPSA) is 20.2 Å². The molecule has 0 heterocycles. The van der Waals surface area contributed by atoms with E-state index in [0.717, 1.165) is 24.3 Å². The van der Waals surface area contributed by atoms with Crippen LogP contribution in [0, 0.1) is 5.82 Å². The first kappa shape index (κ1) is 15.5. The molecule has 0 saturated carbocycles. The standard InChI is InChI=1S/C11H7F7O/c12-7-3-1-6(2-4-7)9(19)8(11(16,17)18)5-10(13,14)15/h1-5,9,19H/b8-5-. The fourth-order valence-electron chi connectivity index (χ4n) is 1.32. The van der Waals surface area contributed by atoms with E-state index in [0.29, 0.717) is 0 Å². The van der Waals surface area contributed by atoms with Gasteiger partial charge in [0, 0.05) is 6.08 Å². The molecule has 1 rings (SSSR count). The van der Waals surface area contributed by atoms with Gasteiger partial charge in [-0.2, -0.15) is 26.3 Å². The summed E-state index contributed by atoms with van der Waals surface area (Å²) in [6.07, 6.45) is -14.1. The van der Waals surface area contributed by atoms with Crippen LogP contribution >= 0.6 is 0 Å². The Labute approximate surface area is 103 Å². The maximum Gasteiger partial charge on any atom is 0.415 e. The number of aliphatic hydroxyl groups is 1. The molecule has 0 bridgehead atoms. The van der Waals surface area contributed by atoms with E-state index in [1.165, 1.54) is 0 Å². The van der Waals surface area contributed by atoms with Gasteiger partial charge in [0.2, 0.25) is 0 Å². The third-order valence-corrected chi connectivity index (χ3v) is 2.13. The smallest absolute Gasteiger partial charge is 0.384 e. The first-order valence-electron chi connectivity index (χ1n) is 4.81. The highest BCUT2D eigenvalue weighted by Crippen LogP contribution is 2.38. The van der Waals surface area contributed by atoms with Crippen molar-refractivity contribution in [1.29, 1.82) is 0 Å². The number of allylic oxidation sites excluding steroid dienone is 1. The molecular formula is C11H7F7O. The minimum atomic E-state index is -5.36. The Morgan fingerprint density at radius 3 is 1.84 bits per heavy atom. The molecule has 1 N–H and O–H groups in total. The zero-order valence-corrected chi connectivity index (χ0v) is 9.06. The van der Waals surface area contributed by atoms with Gasteiger partial charge in [0.1, 0.15) is 11.9 Å². The van der Waals surface area contributed by atoms with Gasteiger partial charge >= 0.3 is 12.4 Å². The van der Waals surface area contributed by atoms with Crippen LogP contribution in [0.3, 0.4) is 0 Å². The summed E-state index contributed by atoms with van der Waals surface area (Å²) in [4.78, 5) is 0. The number of benzene rings is 1. The second-order valence-electron chi connectivity index (χ2n) is 3.59. The molecule has 0 fully saturated rings. The molecule has 0 amide bonds. The summed E-state index contributed by atoms with van der Waals surface area (Å²) < 4.78 is 86.0. The molecule has 19 heavy (non-hydrogen) atoms. The van der Waals surface area contributed by atoms with Crippen LogP contribution in [-0.2, 0) is 0 Å². The Morgan fingerprint density at radius 1 is 1.00 bits per heavy atom. The lowest BCUT2D eigenvalue weighted by Gasteiger charge is -2.19. The maximum atomic E-state index is 12.6. The van der Waals surface area contributed by atoms with Crippen LogP contribution in [0.5, 0.6) is 0 Å². The molecule has 1 atom stereocenters. The summed E-state index contributed by atoms with van der Waals surface area (Å²) in [6, 6.07) is 3.02. The van der Waals surface area contributed by atoms with E-state index in [2.05, 4.69) is 0 Å². The van der Waals surface area contributed by atoms with Crippen molar-refractivity contribution in [3.8, 4) is 0 Å². The third-order valence-electron chi connectivity index (χ3n) is 2.13.